The number of para-hydroxylation sites is 1. The number of rotatable bonds is 9. The normalized spacial score (nSPS) is 16.8. The van der Waals surface area contributed by atoms with Crippen LogP contribution in [-0.4, -0.2) is 39.0 Å². The average Bonchev–Trinajstić information content (AvgIpc) is 3.57. The molecule has 2 heterocycles. The fraction of sp³-hybridized carbons (Fsp3) is 0.359. The van der Waals surface area contributed by atoms with Gasteiger partial charge in [0.25, 0.3) is 0 Å². The molecule has 2 atom stereocenters. The van der Waals surface area contributed by atoms with Crippen molar-refractivity contribution in [3.8, 4) is 17.2 Å². The molecule has 1 aromatic heterocycles. The van der Waals surface area contributed by atoms with E-state index >= 15 is 0 Å². The van der Waals surface area contributed by atoms with Crippen molar-refractivity contribution in [2.75, 3.05) is 39.3 Å². The summed E-state index contributed by atoms with van der Waals surface area (Å²) < 4.78 is 22.2. The van der Waals surface area contributed by atoms with Crippen LogP contribution in [0.25, 0.3) is 11.0 Å². The van der Waals surface area contributed by atoms with E-state index in [1.54, 1.807) is 21.3 Å². The Labute approximate surface area is 266 Å². The van der Waals surface area contributed by atoms with Crippen molar-refractivity contribution in [3.05, 3.63) is 112 Å². The summed E-state index contributed by atoms with van der Waals surface area (Å²) in [7, 11) is 5.23. The third-order valence-corrected chi connectivity index (χ3v) is 10.1. The standard InChI is InChI=1S/C39H44N3O3/c1-25-11-13-28(14-12-25)22-42-24-41(33-17-26(2)27(3)18-34(33)42)16-8-15-40-23-30-19-29-20-36(44-5)37(45-6)21-32(29)38(30)31-9-7-10-35(43-4)39(31)40/h7,9-14,17-18,20-21,24,30,38H,8,15-16,19,22-23H2,1-6H3/q+1/t30-,38-/m0/s1. The number of benzene rings is 4. The van der Waals surface area contributed by atoms with Crippen LogP contribution in [0.3, 0.4) is 0 Å². The van der Waals surface area contributed by atoms with Crippen molar-refractivity contribution in [1.82, 2.24) is 4.57 Å². The Morgan fingerprint density at radius 2 is 1.51 bits per heavy atom. The number of fused-ring (bicyclic) bond motifs is 6. The lowest BCUT2D eigenvalue weighted by Gasteiger charge is -2.39. The molecule has 0 saturated heterocycles. The summed E-state index contributed by atoms with van der Waals surface area (Å²) in [5, 5.41) is 0. The Morgan fingerprint density at radius 3 is 2.27 bits per heavy atom. The largest absolute Gasteiger partial charge is 0.495 e. The Morgan fingerprint density at radius 1 is 0.778 bits per heavy atom. The minimum absolute atomic E-state index is 0.321. The van der Waals surface area contributed by atoms with E-state index in [4.69, 9.17) is 14.2 Å². The molecule has 1 aliphatic heterocycles. The van der Waals surface area contributed by atoms with E-state index < -0.39 is 0 Å². The first-order chi connectivity index (χ1) is 21.9. The van der Waals surface area contributed by atoms with Crippen LogP contribution in [0.2, 0.25) is 0 Å². The number of anilines is 1. The van der Waals surface area contributed by atoms with E-state index in [1.807, 2.05) is 0 Å². The van der Waals surface area contributed by atoms with Gasteiger partial charge in [0.05, 0.1) is 33.6 Å². The van der Waals surface area contributed by atoms with Crippen LogP contribution in [0, 0.1) is 26.7 Å². The van der Waals surface area contributed by atoms with Gasteiger partial charge in [0.2, 0.25) is 6.33 Å². The summed E-state index contributed by atoms with van der Waals surface area (Å²) in [5.74, 6) is 3.37. The topological polar surface area (TPSA) is 39.7 Å². The van der Waals surface area contributed by atoms with E-state index in [0.29, 0.717) is 11.8 Å². The molecule has 0 saturated carbocycles. The van der Waals surface area contributed by atoms with Crippen molar-refractivity contribution in [1.29, 1.82) is 0 Å². The molecule has 0 unspecified atom stereocenters. The van der Waals surface area contributed by atoms with Crippen molar-refractivity contribution >= 4 is 16.7 Å². The summed E-state index contributed by atoms with van der Waals surface area (Å²) in [6.07, 6.45) is 4.39. The molecule has 232 valence electrons. The molecule has 0 N–H and O–H groups in total. The van der Waals surface area contributed by atoms with Crippen molar-refractivity contribution in [2.45, 2.75) is 52.6 Å². The first-order valence-electron chi connectivity index (χ1n) is 16.1. The van der Waals surface area contributed by atoms with E-state index in [2.05, 4.69) is 108 Å². The van der Waals surface area contributed by atoms with Gasteiger partial charge in [-0.3, -0.25) is 0 Å². The highest BCUT2D eigenvalue weighted by molar-refractivity contribution is 5.74. The number of imidazole rings is 1. The molecular weight excluding hydrogens is 558 g/mol. The number of nitrogens with zero attached hydrogens (tertiary/aromatic N) is 3. The van der Waals surface area contributed by atoms with Gasteiger partial charge < -0.3 is 19.1 Å². The number of methoxy groups -OCH3 is 3. The van der Waals surface area contributed by atoms with Crippen molar-refractivity contribution < 1.29 is 18.8 Å². The number of aromatic nitrogens is 2. The molecule has 45 heavy (non-hydrogen) atoms. The predicted molar refractivity (Wildman–Crippen MR) is 180 cm³/mol. The van der Waals surface area contributed by atoms with Crippen molar-refractivity contribution in [2.24, 2.45) is 5.92 Å². The van der Waals surface area contributed by atoms with Crippen LogP contribution in [0.5, 0.6) is 17.2 Å². The zero-order valence-corrected chi connectivity index (χ0v) is 27.4. The summed E-state index contributed by atoms with van der Waals surface area (Å²) in [6.45, 7) is 10.3. The average molecular weight is 603 g/mol. The molecule has 0 spiro atoms. The van der Waals surface area contributed by atoms with Gasteiger partial charge >= 0.3 is 0 Å². The van der Waals surface area contributed by atoms with Gasteiger partial charge in [-0.25, -0.2) is 9.13 Å². The summed E-state index contributed by atoms with van der Waals surface area (Å²) in [4.78, 5) is 2.58. The van der Waals surface area contributed by atoms with E-state index in [0.717, 1.165) is 56.3 Å². The highest BCUT2D eigenvalue weighted by atomic mass is 16.5. The lowest BCUT2D eigenvalue weighted by atomic mass is 9.81. The number of hydrogen-bond donors (Lipinski definition) is 0. The molecule has 6 heteroatoms. The molecule has 2 aliphatic rings. The SMILES string of the molecule is COc1cc2c(cc1OC)[C@@H]1c3cccc(OC)c3N(CCCn3c[n+](Cc4ccc(C)cc4)c4cc(C)c(C)cc43)C[C@@H]1C2. The van der Waals surface area contributed by atoms with E-state index in [9.17, 15) is 0 Å². The number of hydrogen-bond acceptors (Lipinski definition) is 4. The van der Waals surface area contributed by atoms with Gasteiger partial charge in [-0.1, -0.05) is 42.0 Å². The minimum Gasteiger partial charge on any atom is -0.495 e. The molecule has 0 fully saturated rings. The van der Waals surface area contributed by atoms with Gasteiger partial charge in [-0.15, -0.1) is 0 Å². The van der Waals surface area contributed by atoms with Gasteiger partial charge in [-0.05, 0) is 96.8 Å². The van der Waals surface area contributed by atoms with Crippen LogP contribution in [0.1, 0.15) is 51.3 Å². The smallest absolute Gasteiger partial charge is 0.245 e. The lowest BCUT2D eigenvalue weighted by molar-refractivity contribution is -0.663. The van der Waals surface area contributed by atoms with Crippen LogP contribution in [0.15, 0.2) is 73.1 Å². The molecule has 4 aromatic carbocycles. The minimum atomic E-state index is 0.321. The molecule has 5 aromatic rings. The molecule has 0 amide bonds. The molecule has 0 radical (unpaired) electrons. The Hall–Kier alpha value is -4.45. The number of ether oxygens (including phenoxy) is 3. The fourth-order valence-corrected chi connectivity index (χ4v) is 7.68. The van der Waals surface area contributed by atoms with Crippen LogP contribution in [0.4, 0.5) is 5.69 Å². The maximum absolute atomic E-state index is 5.98. The van der Waals surface area contributed by atoms with Gasteiger partial charge in [-0.2, -0.15) is 0 Å². The summed E-state index contributed by atoms with van der Waals surface area (Å²) in [5.41, 5.74) is 13.2. The maximum atomic E-state index is 5.98. The first kappa shape index (κ1) is 29.3. The van der Waals surface area contributed by atoms with Crippen LogP contribution in [-0.2, 0) is 19.5 Å². The van der Waals surface area contributed by atoms with Crippen LogP contribution >= 0.6 is 0 Å². The quantitative estimate of drug-likeness (QED) is 0.168. The van der Waals surface area contributed by atoms with E-state index in [-0.39, 0.29) is 0 Å². The second-order valence-electron chi connectivity index (χ2n) is 12.9. The monoisotopic (exact) mass is 602 g/mol. The summed E-state index contributed by atoms with van der Waals surface area (Å²) >= 11 is 0. The van der Waals surface area contributed by atoms with Gasteiger partial charge in [0, 0.05) is 25.4 Å². The Balaban J connectivity index is 1.17. The molecule has 7 rings (SSSR count). The highest BCUT2D eigenvalue weighted by Crippen LogP contribution is 2.53. The maximum Gasteiger partial charge on any atom is 0.245 e. The predicted octanol–water partition coefficient (Wildman–Crippen LogP) is 7.14. The lowest BCUT2D eigenvalue weighted by Crippen LogP contribution is -2.38. The van der Waals surface area contributed by atoms with Crippen LogP contribution < -0.4 is 23.7 Å². The summed E-state index contributed by atoms with van der Waals surface area (Å²) in [6, 6.07) is 24.5. The molecule has 0 bridgehead atoms. The van der Waals surface area contributed by atoms with E-state index in [1.165, 1.54) is 55.7 Å². The fourth-order valence-electron chi connectivity index (χ4n) is 7.68. The zero-order chi connectivity index (χ0) is 31.2. The molecular formula is C39H44N3O3+. The zero-order valence-electron chi connectivity index (χ0n) is 27.4. The Bertz CT molecular complexity index is 1870. The first-order valence-corrected chi connectivity index (χ1v) is 16.1. The van der Waals surface area contributed by atoms with Gasteiger partial charge in [0.1, 0.15) is 12.3 Å². The third kappa shape index (κ3) is 5.20. The molecule has 6 nitrogen and oxygen atoms in total. The second kappa shape index (κ2) is 11.8. The highest BCUT2D eigenvalue weighted by Gasteiger charge is 2.42. The molecule has 1 aliphatic carbocycles. The number of aryl methyl sites for hydroxylation is 4. The second-order valence-corrected chi connectivity index (χ2v) is 12.9. The van der Waals surface area contributed by atoms with Gasteiger partial charge in [0.15, 0.2) is 22.5 Å². The third-order valence-electron chi connectivity index (χ3n) is 10.1. The van der Waals surface area contributed by atoms with Crippen molar-refractivity contribution in [3.63, 3.8) is 0 Å². The Kier molecular flexibility index (Phi) is 7.68.